The van der Waals surface area contributed by atoms with Crippen LogP contribution in [0.2, 0.25) is 0 Å². The number of ether oxygens (including phenoxy) is 1. The number of hydrogen-bond acceptors (Lipinski definition) is 5. The first-order valence-electron chi connectivity index (χ1n) is 9.90. The van der Waals surface area contributed by atoms with Gasteiger partial charge in [-0.15, -0.1) is 0 Å². The molecule has 4 aromatic rings. The summed E-state index contributed by atoms with van der Waals surface area (Å²) in [4.78, 5) is 21.0. The summed E-state index contributed by atoms with van der Waals surface area (Å²) in [5, 5.41) is 7.32. The van der Waals surface area contributed by atoms with Crippen molar-refractivity contribution in [3.05, 3.63) is 89.9 Å². The Hall–Kier alpha value is -4.07. The predicted octanol–water partition coefficient (Wildman–Crippen LogP) is 4.33. The molecule has 8 heteroatoms. The lowest BCUT2D eigenvalue weighted by Crippen LogP contribution is -2.15. The zero-order valence-electron chi connectivity index (χ0n) is 16.5. The van der Waals surface area contributed by atoms with Crippen molar-refractivity contribution in [1.29, 1.82) is 0 Å². The van der Waals surface area contributed by atoms with Crippen LogP contribution in [0.3, 0.4) is 0 Å². The quantitative estimate of drug-likeness (QED) is 0.525. The van der Waals surface area contributed by atoms with Gasteiger partial charge in [0.2, 0.25) is 5.88 Å². The van der Waals surface area contributed by atoms with Gasteiger partial charge >= 0.3 is 0 Å². The highest BCUT2D eigenvalue weighted by molar-refractivity contribution is 6.04. The highest BCUT2D eigenvalue weighted by atomic mass is 19.1. The third kappa shape index (κ3) is 3.75. The molecule has 2 aromatic heterocycles. The monoisotopic (exact) mass is 415 g/mol. The molecule has 5 rings (SSSR count). The van der Waals surface area contributed by atoms with Gasteiger partial charge in [0.1, 0.15) is 17.3 Å². The van der Waals surface area contributed by atoms with Crippen molar-refractivity contribution in [2.75, 3.05) is 5.32 Å². The zero-order valence-corrected chi connectivity index (χ0v) is 16.5. The third-order valence-corrected chi connectivity index (χ3v) is 5.10. The van der Waals surface area contributed by atoms with Crippen LogP contribution in [-0.4, -0.2) is 25.7 Å². The lowest BCUT2D eigenvalue weighted by atomic mass is 10.2. The minimum atomic E-state index is -0.370. The van der Waals surface area contributed by atoms with Crippen molar-refractivity contribution < 1.29 is 13.9 Å². The lowest BCUT2D eigenvalue weighted by Gasteiger charge is -2.07. The molecule has 1 aliphatic rings. The van der Waals surface area contributed by atoms with Crippen LogP contribution >= 0.6 is 0 Å². The summed E-state index contributed by atoms with van der Waals surface area (Å²) in [5.41, 5.74) is 3.05. The Kier molecular flexibility index (Phi) is 4.87. The molecular weight excluding hydrogens is 397 g/mol. The highest BCUT2D eigenvalue weighted by Crippen LogP contribution is 2.29. The van der Waals surface area contributed by atoms with Gasteiger partial charge in [-0.2, -0.15) is 5.10 Å². The number of anilines is 1. The second kappa shape index (κ2) is 7.98. The van der Waals surface area contributed by atoms with E-state index in [4.69, 9.17) is 4.74 Å². The fourth-order valence-corrected chi connectivity index (χ4v) is 3.70. The molecule has 2 heterocycles. The van der Waals surface area contributed by atoms with Gasteiger partial charge in [-0.05, 0) is 55.7 Å². The number of nitrogens with zero attached hydrogens (tertiary/aromatic N) is 4. The molecular formula is C23H18FN5O2. The van der Waals surface area contributed by atoms with E-state index in [9.17, 15) is 9.18 Å². The van der Waals surface area contributed by atoms with Crippen LogP contribution in [0.15, 0.2) is 67.1 Å². The van der Waals surface area contributed by atoms with E-state index in [1.165, 1.54) is 12.3 Å². The minimum absolute atomic E-state index is 0.323. The number of amides is 1. The number of fused-ring (bicyclic) bond motifs is 1. The number of halogens is 1. The smallest absolute Gasteiger partial charge is 0.276 e. The molecule has 0 radical (unpaired) electrons. The number of benzene rings is 2. The van der Waals surface area contributed by atoms with E-state index in [0.29, 0.717) is 28.7 Å². The first-order valence-corrected chi connectivity index (χ1v) is 9.90. The summed E-state index contributed by atoms with van der Waals surface area (Å²) < 4.78 is 21.5. The highest BCUT2D eigenvalue weighted by Gasteiger charge is 2.27. The number of carbonyl (C=O) groups is 1. The Balaban J connectivity index is 1.36. The molecule has 2 aromatic carbocycles. The van der Waals surface area contributed by atoms with Crippen LogP contribution in [0.25, 0.3) is 5.69 Å². The maximum atomic E-state index is 14.3. The molecule has 0 unspecified atom stereocenters. The van der Waals surface area contributed by atoms with Gasteiger partial charge in [-0.1, -0.05) is 12.1 Å². The minimum Gasteiger partial charge on any atom is -0.438 e. The zero-order chi connectivity index (χ0) is 21.2. The molecule has 1 aliphatic carbocycles. The van der Waals surface area contributed by atoms with Crippen LogP contribution in [0, 0.1) is 5.82 Å². The van der Waals surface area contributed by atoms with Crippen molar-refractivity contribution in [1.82, 2.24) is 19.7 Å². The van der Waals surface area contributed by atoms with E-state index in [0.717, 1.165) is 30.5 Å². The second-order valence-electron chi connectivity index (χ2n) is 7.11. The fraction of sp³-hybridized carbons (Fsp3) is 0.130. The van der Waals surface area contributed by atoms with Crippen molar-refractivity contribution >= 4 is 11.6 Å². The number of para-hydroxylation sites is 1. The molecule has 0 fully saturated rings. The standard InChI is InChI=1S/C23H18FN5O2/c24-18-5-1-2-6-20(18)29-19-7-3-4-17(19)22(28-29)23(30)27-15-8-10-16(11-9-15)31-21-14-25-12-13-26-21/h1-2,5-6,8-14H,3-4,7H2,(H,27,30). The van der Waals surface area contributed by atoms with E-state index in [2.05, 4.69) is 20.4 Å². The third-order valence-electron chi connectivity index (χ3n) is 5.10. The maximum Gasteiger partial charge on any atom is 0.276 e. The first kappa shape index (κ1) is 18.9. The van der Waals surface area contributed by atoms with E-state index in [-0.39, 0.29) is 11.7 Å². The lowest BCUT2D eigenvalue weighted by molar-refractivity contribution is 0.102. The SMILES string of the molecule is O=C(Nc1ccc(Oc2cnccn2)cc1)c1nn(-c2ccccc2F)c2c1CCC2. The van der Waals surface area contributed by atoms with Crippen LogP contribution < -0.4 is 10.1 Å². The summed E-state index contributed by atoms with van der Waals surface area (Å²) in [5.74, 6) is 0.262. The first-order chi connectivity index (χ1) is 15.2. The molecule has 31 heavy (non-hydrogen) atoms. The van der Waals surface area contributed by atoms with Crippen molar-refractivity contribution in [2.45, 2.75) is 19.3 Å². The summed E-state index contributed by atoms with van der Waals surface area (Å²) in [6.07, 6.45) is 7.05. The second-order valence-corrected chi connectivity index (χ2v) is 7.11. The average molecular weight is 415 g/mol. The summed E-state index contributed by atoms with van der Waals surface area (Å²) in [7, 11) is 0. The molecule has 0 saturated carbocycles. The molecule has 1 N–H and O–H groups in total. The predicted molar refractivity (Wildman–Crippen MR) is 112 cm³/mol. The van der Waals surface area contributed by atoms with Gasteiger partial charge < -0.3 is 10.1 Å². The topological polar surface area (TPSA) is 81.9 Å². The molecule has 1 amide bonds. The molecule has 0 saturated heterocycles. The Morgan fingerprint density at radius 3 is 2.68 bits per heavy atom. The van der Waals surface area contributed by atoms with Gasteiger partial charge in [-0.25, -0.2) is 14.1 Å². The summed E-state index contributed by atoms with van der Waals surface area (Å²) in [6.45, 7) is 0. The van der Waals surface area contributed by atoms with E-state index in [1.807, 2.05) is 0 Å². The molecule has 0 atom stereocenters. The summed E-state index contributed by atoms with van der Waals surface area (Å²) >= 11 is 0. The van der Waals surface area contributed by atoms with Crippen LogP contribution in [0.1, 0.15) is 28.2 Å². The number of aromatic nitrogens is 4. The van der Waals surface area contributed by atoms with Gasteiger partial charge in [0.25, 0.3) is 5.91 Å². The molecule has 7 nitrogen and oxygen atoms in total. The Bertz CT molecular complexity index is 1240. The van der Waals surface area contributed by atoms with Crippen molar-refractivity contribution in [3.63, 3.8) is 0 Å². The average Bonchev–Trinajstić information content (AvgIpc) is 3.39. The normalized spacial score (nSPS) is 12.4. The van der Waals surface area contributed by atoms with Gasteiger partial charge in [0, 0.05) is 29.3 Å². The fourth-order valence-electron chi connectivity index (χ4n) is 3.70. The van der Waals surface area contributed by atoms with Crippen molar-refractivity contribution in [2.24, 2.45) is 0 Å². The van der Waals surface area contributed by atoms with Crippen molar-refractivity contribution in [3.8, 4) is 17.3 Å². The number of nitrogens with one attached hydrogen (secondary N) is 1. The van der Waals surface area contributed by atoms with E-state index in [1.54, 1.807) is 59.5 Å². The molecule has 154 valence electrons. The maximum absolute atomic E-state index is 14.3. The van der Waals surface area contributed by atoms with Gasteiger partial charge in [0.15, 0.2) is 5.69 Å². The number of hydrogen-bond donors (Lipinski definition) is 1. The van der Waals surface area contributed by atoms with Gasteiger partial charge in [-0.3, -0.25) is 9.78 Å². The Labute approximate surface area is 177 Å². The molecule has 0 spiro atoms. The van der Waals surface area contributed by atoms with Crippen LogP contribution in [-0.2, 0) is 12.8 Å². The van der Waals surface area contributed by atoms with Crippen LogP contribution in [0.5, 0.6) is 11.6 Å². The van der Waals surface area contributed by atoms with E-state index < -0.39 is 0 Å². The van der Waals surface area contributed by atoms with Crippen LogP contribution in [0.4, 0.5) is 10.1 Å². The van der Waals surface area contributed by atoms with Gasteiger partial charge in [0.05, 0.1) is 6.20 Å². The molecule has 0 aliphatic heterocycles. The Morgan fingerprint density at radius 1 is 1.06 bits per heavy atom. The van der Waals surface area contributed by atoms with E-state index >= 15 is 0 Å². The Morgan fingerprint density at radius 2 is 1.90 bits per heavy atom. The number of rotatable bonds is 5. The largest absolute Gasteiger partial charge is 0.438 e. The summed E-state index contributed by atoms with van der Waals surface area (Å²) in [6, 6.07) is 13.4. The molecule has 0 bridgehead atoms. The number of carbonyl (C=O) groups excluding carboxylic acids is 1.